The monoisotopic (exact) mass is 391 g/mol. The van der Waals surface area contributed by atoms with Crippen LogP contribution in [0, 0.1) is 11.6 Å². The van der Waals surface area contributed by atoms with Crippen LogP contribution in [0.15, 0.2) is 73.1 Å². The molecule has 1 atom stereocenters. The summed E-state index contributed by atoms with van der Waals surface area (Å²) >= 11 is 0. The van der Waals surface area contributed by atoms with Gasteiger partial charge in [0.05, 0.1) is 6.04 Å². The minimum atomic E-state index is -0.372. The molecule has 4 aromatic rings. The summed E-state index contributed by atoms with van der Waals surface area (Å²) in [6.07, 6.45) is 2.17. The van der Waals surface area contributed by atoms with Gasteiger partial charge in [-0.05, 0) is 60.5 Å². The van der Waals surface area contributed by atoms with Crippen LogP contribution in [0.1, 0.15) is 24.9 Å². The number of benzene rings is 3. The molecule has 0 aliphatic heterocycles. The highest BCUT2D eigenvalue weighted by atomic mass is 19.1. The first kappa shape index (κ1) is 18.8. The minimum absolute atomic E-state index is 0.0174. The average Bonchev–Trinajstić information content (AvgIpc) is 2.75. The van der Waals surface area contributed by atoms with Gasteiger partial charge in [-0.3, -0.25) is 0 Å². The molecule has 1 unspecified atom stereocenters. The molecule has 1 N–H and O–H groups in total. The van der Waals surface area contributed by atoms with Crippen molar-refractivity contribution in [1.29, 1.82) is 0 Å². The van der Waals surface area contributed by atoms with Crippen molar-refractivity contribution < 1.29 is 13.5 Å². The molecule has 0 bridgehead atoms. The van der Waals surface area contributed by atoms with Crippen LogP contribution >= 0.6 is 0 Å². The Balaban J connectivity index is 1.54. The molecule has 0 saturated heterocycles. The zero-order chi connectivity index (χ0) is 20.2. The van der Waals surface area contributed by atoms with Gasteiger partial charge in [0.2, 0.25) is 0 Å². The molecule has 1 heterocycles. The molecule has 0 spiro atoms. The number of halogens is 2. The van der Waals surface area contributed by atoms with E-state index < -0.39 is 0 Å². The quantitative estimate of drug-likeness (QED) is 0.421. The van der Waals surface area contributed by atoms with E-state index in [1.54, 1.807) is 24.3 Å². The lowest BCUT2D eigenvalue weighted by molar-refractivity contribution is 0.480. The molecule has 0 amide bonds. The Hall–Kier alpha value is -3.54. The van der Waals surface area contributed by atoms with Gasteiger partial charge in [-0.15, -0.1) is 0 Å². The number of anilines is 1. The molecule has 1 aromatic heterocycles. The maximum Gasteiger partial charge on any atom is 0.149 e. The predicted octanol–water partition coefficient (Wildman–Crippen LogP) is 6.26. The van der Waals surface area contributed by atoms with E-state index in [2.05, 4.69) is 22.2 Å². The van der Waals surface area contributed by atoms with Crippen molar-refractivity contribution in [3.63, 3.8) is 0 Å². The predicted molar refractivity (Wildman–Crippen MR) is 109 cm³/mol. The highest BCUT2D eigenvalue weighted by molar-refractivity contribution is 5.89. The molecule has 3 aromatic carbocycles. The molecule has 0 aliphatic carbocycles. The molecule has 0 aliphatic rings. The lowest BCUT2D eigenvalue weighted by Gasteiger charge is -2.19. The molecule has 0 radical (unpaired) electrons. The van der Waals surface area contributed by atoms with Gasteiger partial charge in [-0.2, -0.15) is 0 Å². The Morgan fingerprint density at radius 2 is 1.59 bits per heavy atom. The van der Waals surface area contributed by atoms with Gasteiger partial charge in [-0.25, -0.2) is 18.7 Å². The van der Waals surface area contributed by atoms with Gasteiger partial charge in [-0.1, -0.05) is 25.1 Å². The number of para-hydroxylation sites is 1. The first-order chi connectivity index (χ1) is 14.1. The second-order valence-electron chi connectivity index (χ2n) is 6.59. The Labute approximate surface area is 167 Å². The number of ether oxygens (including phenoxy) is 1. The molecule has 0 saturated carbocycles. The Morgan fingerprint density at radius 3 is 2.28 bits per heavy atom. The van der Waals surface area contributed by atoms with Crippen LogP contribution in [0.25, 0.3) is 10.9 Å². The van der Waals surface area contributed by atoms with Gasteiger partial charge in [0.15, 0.2) is 0 Å². The summed E-state index contributed by atoms with van der Waals surface area (Å²) in [6.45, 7) is 2.06. The second kappa shape index (κ2) is 8.22. The van der Waals surface area contributed by atoms with Crippen LogP contribution in [0.3, 0.4) is 0 Å². The summed E-state index contributed by atoms with van der Waals surface area (Å²) in [5.41, 5.74) is 1.34. The minimum Gasteiger partial charge on any atom is -0.457 e. The van der Waals surface area contributed by atoms with E-state index in [0.29, 0.717) is 28.2 Å². The maximum absolute atomic E-state index is 14.0. The Morgan fingerprint density at radius 1 is 0.897 bits per heavy atom. The molecular formula is C23H19F2N3O. The average molecular weight is 391 g/mol. The van der Waals surface area contributed by atoms with Crippen LogP contribution in [0.2, 0.25) is 0 Å². The SMILES string of the molecule is CCC(Nc1ncnc2c(F)cccc12)c1ccc(Oc2ccc(F)cc2)cc1. The van der Waals surface area contributed by atoms with Crippen LogP contribution in [-0.4, -0.2) is 9.97 Å². The fourth-order valence-electron chi connectivity index (χ4n) is 3.16. The highest BCUT2D eigenvalue weighted by Crippen LogP contribution is 2.29. The number of rotatable bonds is 6. The van der Waals surface area contributed by atoms with E-state index in [-0.39, 0.29) is 17.7 Å². The maximum atomic E-state index is 14.0. The molecule has 4 rings (SSSR count). The van der Waals surface area contributed by atoms with Crippen molar-refractivity contribution in [1.82, 2.24) is 9.97 Å². The highest BCUT2D eigenvalue weighted by Gasteiger charge is 2.14. The first-order valence-corrected chi connectivity index (χ1v) is 9.33. The summed E-state index contributed by atoms with van der Waals surface area (Å²) in [5, 5.41) is 4.03. The molecule has 146 valence electrons. The van der Waals surface area contributed by atoms with Crippen LogP contribution < -0.4 is 10.1 Å². The Kier molecular flexibility index (Phi) is 5.33. The van der Waals surface area contributed by atoms with E-state index in [0.717, 1.165) is 12.0 Å². The van der Waals surface area contributed by atoms with Crippen LogP contribution in [0.5, 0.6) is 11.5 Å². The van der Waals surface area contributed by atoms with E-state index >= 15 is 0 Å². The number of fused-ring (bicyclic) bond motifs is 1. The lowest BCUT2D eigenvalue weighted by atomic mass is 10.0. The van der Waals surface area contributed by atoms with Gasteiger partial charge in [0, 0.05) is 5.39 Å². The second-order valence-corrected chi connectivity index (χ2v) is 6.59. The summed E-state index contributed by atoms with van der Waals surface area (Å²) < 4.78 is 32.8. The smallest absolute Gasteiger partial charge is 0.149 e. The molecule has 4 nitrogen and oxygen atoms in total. The van der Waals surface area contributed by atoms with Crippen molar-refractivity contribution in [3.05, 3.63) is 90.3 Å². The van der Waals surface area contributed by atoms with Crippen molar-refractivity contribution in [3.8, 4) is 11.5 Å². The molecule has 0 fully saturated rings. The third kappa shape index (κ3) is 4.16. The fourth-order valence-corrected chi connectivity index (χ4v) is 3.16. The van der Waals surface area contributed by atoms with Crippen LogP contribution in [0.4, 0.5) is 14.6 Å². The molecule has 29 heavy (non-hydrogen) atoms. The zero-order valence-corrected chi connectivity index (χ0v) is 15.8. The number of aromatic nitrogens is 2. The third-order valence-corrected chi connectivity index (χ3v) is 4.67. The largest absolute Gasteiger partial charge is 0.457 e. The van der Waals surface area contributed by atoms with E-state index in [1.165, 1.54) is 24.5 Å². The zero-order valence-electron chi connectivity index (χ0n) is 15.8. The standard InChI is InChI=1S/C23H19F2N3O/c1-2-21(28-23-19-4-3-5-20(25)22(19)26-14-27-23)15-6-10-17(11-7-15)29-18-12-8-16(24)9-13-18/h3-14,21H,2H2,1H3,(H,26,27,28). The Bertz CT molecular complexity index is 1120. The van der Waals surface area contributed by atoms with E-state index in [9.17, 15) is 8.78 Å². The lowest BCUT2D eigenvalue weighted by Crippen LogP contribution is -2.11. The van der Waals surface area contributed by atoms with E-state index in [4.69, 9.17) is 4.74 Å². The van der Waals surface area contributed by atoms with Gasteiger partial charge < -0.3 is 10.1 Å². The summed E-state index contributed by atoms with van der Waals surface area (Å²) in [5.74, 6) is 1.14. The molecular weight excluding hydrogens is 372 g/mol. The topological polar surface area (TPSA) is 47.0 Å². The van der Waals surface area contributed by atoms with Gasteiger partial charge in [0.25, 0.3) is 0 Å². The van der Waals surface area contributed by atoms with Crippen molar-refractivity contribution >= 4 is 16.7 Å². The summed E-state index contributed by atoms with van der Waals surface area (Å²) in [4.78, 5) is 8.34. The van der Waals surface area contributed by atoms with Crippen molar-refractivity contribution in [2.24, 2.45) is 0 Å². The van der Waals surface area contributed by atoms with Gasteiger partial charge >= 0.3 is 0 Å². The van der Waals surface area contributed by atoms with Crippen molar-refractivity contribution in [2.75, 3.05) is 5.32 Å². The number of nitrogens with one attached hydrogen (secondary N) is 1. The number of hydrogen-bond donors (Lipinski definition) is 1. The van der Waals surface area contributed by atoms with Crippen molar-refractivity contribution in [2.45, 2.75) is 19.4 Å². The van der Waals surface area contributed by atoms with Gasteiger partial charge in [0.1, 0.15) is 40.8 Å². The summed E-state index contributed by atoms with van der Waals surface area (Å²) in [6, 6.07) is 18.3. The number of hydrogen-bond acceptors (Lipinski definition) is 4. The summed E-state index contributed by atoms with van der Waals surface area (Å²) in [7, 11) is 0. The fraction of sp³-hybridized carbons (Fsp3) is 0.130. The third-order valence-electron chi connectivity index (χ3n) is 4.67. The van der Waals surface area contributed by atoms with Crippen LogP contribution in [-0.2, 0) is 0 Å². The normalized spacial score (nSPS) is 12.0. The molecule has 6 heteroatoms. The first-order valence-electron chi connectivity index (χ1n) is 9.33. The van der Waals surface area contributed by atoms with E-state index in [1.807, 2.05) is 24.3 Å². The number of nitrogens with zero attached hydrogens (tertiary/aromatic N) is 2.